The zero-order valence-corrected chi connectivity index (χ0v) is 7.02. The standard InChI is InChI=1S/C6H15N5/c1-3-9-6(10-4-2)11-5(7)8/h3-4H2,1-2H3,(H5,7,8,9,10,11)/p+1. The predicted octanol–water partition coefficient (Wildman–Crippen LogP) is -2.67. The van der Waals surface area contributed by atoms with Gasteiger partial charge in [-0.25, -0.2) is 0 Å². The van der Waals surface area contributed by atoms with E-state index in [9.17, 15) is 0 Å². The van der Waals surface area contributed by atoms with E-state index in [-0.39, 0.29) is 5.96 Å². The first kappa shape index (κ1) is 9.74. The SMILES string of the molecule is CCNC(N=C(N)N)=[NH+]CC. The second-order valence-electron chi connectivity index (χ2n) is 1.95. The molecule has 11 heavy (non-hydrogen) atoms. The zero-order valence-electron chi connectivity index (χ0n) is 7.02. The monoisotopic (exact) mass is 158 g/mol. The Kier molecular flexibility index (Phi) is 4.89. The first-order valence-corrected chi connectivity index (χ1v) is 3.65. The molecule has 0 rings (SSSR count). The van der Waals surface area contributed by atoms with E-state index in [2.05, 4.69) is 15.3 Å². The highest BCUT2D eigenvalue weighted by Gasteiger charge is 2.01. The molecular formula is C6H16N5+. The fourth-order valence-corrected chi connectivity index (χ4v) is 0.606. The largest absolute Gasteiger partial charge is 0.388 e. The number of nitrogens with two attached hydrogens (primary N) is 2. The molecule has 0 aliphatic heterocycles. The van der Waals surface area contributed by atoms with Crippen LogP contribution in [0.2, 0.25) is 0 Å². The summed E-state index contributed by atoms with van der Waals surface area (Å²) in [6, 6.07) is 0. The maximum atomic E-state index is 5.18. The fourth-order valence-electron chi connectivity index (χ4n) is 0.606. The summed E-state index contributed by atoms with van der Waals surface area (Å²) in [5.74, 6) is 0.678. The summed E-state index contributed by atoms with van der Waals surface area (Å²) in [7, 11) is 0. The second kappa shape index (κ2) is 5.52. The third-order valence-corrected chi connectivity index (χ3v) is 0.929. The predicted molar refractivity (Wildman–Crippen MR) is 46.0 cm³/mol. The molecule has 5 nitrogen and oxygen atoms in total. The number of nitrogens with one attached hydrogen (secondary N) is 2. The molecule has 0 radical (unpaired) electrons. The van der Waals surface area contributed by atoms with Crippen molar-refractivity contribution in [3.63, 3.8) is 0 Å². The summed E-state index contributed by atoms with van der Waals surface area (Å²) in [6.45, 7) is 5.53. The van der Waals surface area contributed by atoms with Crippen LogP contribution in [0.3, 0.4) is 0 Å². The molecule has 0 aliphatic rings. The molecular weight excluding hydrogens is 142 g/mol. The van der Waals surface area contributed by atoms with Crippen molar-refractivity contribution in [1.82, 2.24) is 5.32 Å². The van der Waals surface area contributed by atoms with Crippen LogP contribution in [0.1, 0.15) is 13.8 Å². The molecule has 0 aromatic carbocycles. The minimum absolute atomic E-state index is 0.0573. The van der Waals surface area contributed by atoms with Gasteiger partial charge in [-0.15, -0.1) is 0 Å². The van der Waals surface area contributed by atoms with Gasteiger partial charge >= 0.3 is 5.96 Å². The lowest BCUT2D eigenvalue weighted by Crippen LogP contribution is -2.75. The molecule has 5 heteroatoms. The lowest BCUT2D eigenvalue weighted by molar-refractivity contribution is -0.455. The van der Waals surface area contributed by atoms with Crippen molar-refractivity contribution < 1.29 is 4.99 Å². The number of rotatable bonds is 2. The van der Waals surface area contributed by atoms with Gasteiger partial charge in [-0.1, -0.05) is 0 Å². The van der Waals surface area contributed by atoms with Gasteiger partial charge in [0.1, 0.15) is 0 Å². The van der Waals surface area contributed by atoms with Crippen molar-refractivity contribution in [2.24, 2.45) is 16.5 Å². The Morgan fingerprint density at radius 2 is 2.09 bits per heavy atom. The summed E-state index contributed by atoms with van der Waals surface area (Å²) in [6.07, 6.45) is 0. The summed E-state index contributed by atoms with van der Waals surface area (Å²) in [5.41, 5.74) is 10.4. The molecule has 0 aromatic rings. The lowest BCUT2D eigenvalue weighted by Gasteiger charge is -1.92. The van der Waals surface area contributed by atoms with Crippen molar-refractivity contribution in [1.29, 1.82) is 0 Å². The Bertz CT molecular complexity index is 156. The van der Waals surface area contributed by atoms with Crippen LogP contribution in [0.4, 0.5) is 0 Å². The van der Waals surface area contributed by atoms with Crippen LogP contribution in [0.15, 0.2) is 4.99 Å². The molecule has 0 unspecified atom stereocenters. The normalized spacial score (nSPS) is 10.9. The van der Waals surface area contributed by atoms with Gasteiger partial charge in [0, 0.05) is 0 Å². The molecule has 0 aromatic heterocycles. The summed E-state index contributed by atoms with van der Waals surface area (Å²) >= 11 is 0. The highest BCUT2D eigenvalue weighted by molar-refractivity contribution is 5.90. The van der Waals surface area contributed by atoms with E-state index in [0.717, 1.165) is 13.1 Å². The first-order chi connectivity index (χ1) is 5.20. The molecule has 0 heterocycles. The van der Waals surface area contributed by atoms with Crippen molar-refractivity contribution >= 4 is 11.9 Å². The van der Waals surface area contributed by atoms with Crippen LogP contribution in [0.5, 0.6) is 0 Å². The Labute approximate surface area is 66.6 Å². The highest BCUT2D eigenvalue weighted by Crippen LogP contribution is 1.62. The molecule has 0 spiro atoms. The average molecular weight is 158 g/mol. The third-order valence-electron chi connectivity index (χ3n) is 0.929. The number of nitrogens with zero attached hydrogens (tertiary/aromatic N) is 1. The molecule has 0 bridgehead atoms. The van der Waals surface area contributed by atoms with Crippen LogP contribution in [0, 0.1) is 0 Å². The van der Waals surface area contributed by atoms with Gasteiger partial charge in [-0.3, -0.25) is 10.3 Å². The van der Waals surface area contributed by atoms with Crippen LogP contribution in [0.25, 0.3) is 0 Å². The van der Waals surface area contributed by atoms with Crippen molar-refractivity contribution in [3.05, 3.63) is 0 Å². The van der Waals surface area contributed by atoms with Crippen LogP contribution in [-0.4, -0.2) is 25.0 Å². The van der Waals surface area contributed by atoms with Crippen LogP contribution in [-0.2, 0) is 0 Å². The minimum atomic E-state index is 0.0573. The summed E-state index contributed by atoms with van der Waals surface area (Å²) in [5, 5.41) is 2.97. The van der Waals surface area contributed by atoms with Crippen molar-refractivity contribution in [2.45, 2.75) is 13.8 Å². The van der Waals surface area contributed by atoms with E-state index in [4.69, 9.17) is 11.5 Å². The van der Waals surface area contributed by atoms with Crippen LogP contribution >= 0.6 is 0 Å². The Hall–Kier alpha value is -1.26. The quantitative estimate of drug-likeness (QED) is 0.261. The molecule has 6 N–H and O–H groups in total. The Morgan fingerprint density at radius 1 is 1.45 bits per heavy atom. The number of hydrogen-bond donors (Lipinski definition) is 4. The molecule has 0 aliphatic carbocycles. The van der Waals surface area contributed by atoms with Gasteiger partial charge in [-0.2, -0.15) is 0 Å². The van der Waals surface area contributed by atoms with Gasteiger partial charge in [0.15, 0.2) is 0 Å². The van der Waals surface area contributed by atoms with Gasteiger partial charge in [0.2, 0.25) is 0 Å². The van der Waals surface area contributed by atoms with Crippen molar-refractivity contribution in [2.75, 3.05) is 13.1 Å². The van der Waals surface area contributed by atoms with Crippen LogP contribution < -0.4 is 21.8 Å². The number of aliphatic imine (C=N–C) groups is 1. The summed E-state index contributed by atoms with van der Waals surface area (Å²) < 4.78 is 0. The van der Waals surface area contributed by atoms with E-state index in [0.29, 0.717) is 5.96 Å². The third kappa shape index (κ3) is 5.20. The first-order valence-electron chi connectivity index (χ1n) is 3.65. The highest BCUT2D eigenvalue weighted by atomic mass is 15.2. The Morgan fingerprint density at radius 3 is 2.45 bits per heavy atom. The topological polar surface area (TPSA) is 90.4 Å². The number of guanidine groups is 2. The maximum absolute atomic E-state index is 5.18. The van der Waals surface area contributed by atoms with E-state index in [1.165, 1.54) is 0 Å². The Balaban J connectivity index is 4.11. The van der Waals surface area contributed by atoms with Gasteiger partial charge < -0.3 is 11.5 Å². The van der Waals surface area contributed by atoms with Gasteiger partial charge in [0.25, 0.3) is 5.96 Å². The van der Waals surface area contributed by atoms with Gasteiger partial charge in [-0.05, 0) is 18.8 Å². The van der Waals surface area contributed by atoms with E-state index < -0.39 is 0 Å². The van der Waals surface area contributed by atoms with E-state index in [1.54, 1.807) is 0 Å². The molecule has 0 saturated heterocycles. The number of hydrogen-bond acceptors (Lipinski definition) is 0. The zero-order chi connectivity index (χ0) is 8.69. The molecule has 64 valence electrons. The van der Waals surface area contributed by atoms with E-state index in [1.807, 2.05) is 13.8 Å². The average Bonchev–Trinajstić information content (AvgIpc) is 1.87. The molecule has 0 atom stereocenters. The fraction of sp³-hybridized carbons (Fsp3) is 0.667. The smallest absolute Gasteiger partial charge is 0.356 e. The van der Waals surface area contributed by atoms with Gasteiger partial charge in [0.05, 0.1) is 13.1 Å². The molecule has 0 amide bonds. The minimum Gasteiger partial charge on any atom is -0.356 e. The molecule has 0 fully saturated rings. The maximum Gasteiger partial charge on any atom is 0.388 e. The second-order valence-corrected chi connectivity index (χ2v) is 1.95. The molecule has 0 saturated carbocycles. The van der Waals surface area contributed by atoms with Crippen molar-refractivity contribution in [3.8, 4) is 0 Å². The summed E-state index contributed by atoms with van der Waals surface area (Å²) in [4.78, 5) is 6.80. The van der Waals surface area contributed by atoms with E-state index >= 15 is 0 Å². The lowest BCUT2D eigenvalue weighted by atomic mass is 10.7.